The van der Waals surface area contributed by atoms with E-state index in [0.717, 1.165) is 13.2 Å². The number of hydrogen-bond donors (Lipinski definition) is 1. The Morgan fingerprint density at radius 3 is 1.64 bits per heavy atom. The highest BCUT2D eigenvalue weighted by molar-refractivity contribution is 5.29. The number of nitrogens with zero attached hydrogens (tertiary/aromatic N) is 1. The summed E-state index contributed by atoms with van der Waals surface area (Å²) in [5, 5.41) is 2.75. The Bertz CT molecular complexity index is 446. The molecule has 22 heavy (non-hydrogen) atoms. The molecule has 0 atom stereocenters. The summed E-state index contributed by atoms with van der Waals surface area (Å²) in [6.45, 7) is 1.65. The summed E-state index contributed by atoms with van der Waals surface area (Å²) in [6.07, 6.45) is 0.0161. The fourth-order valence-corrected chi connectivity index (χ4v) is 1.99. The first-order valence-corrected chi connectivity index (χ1v) is 7.63. The molecule has 0 aliphatic rings. The number of ether oxygens (including phenoxy) is 1. The molecule has 0 aromatic heterocycles. The van der Waals surface area contributed by atoms with E-state index in [-0.39, 0.29) is 6.10 Å². The molecule has 2 aromatic rings. The van der Waals surface area contributed by atoms with Gasteiger partial charge in [-0.05, 0) is 39.3 Å². The zero-order valence-electron chi connectivity index (χ0n) is 14.1. The number of rotatable bonds is 6. The zero-order valence-corrected chi connectivity index (χ0v) is 14.1. The minimum absolute atomic E-state index is 0.0161. The van der Waals surface area contributed by atoms with E-state index in [1.54, 1.807) is 0 Å². The number of likely N-dealkylation sites (N-methyl/N-ethyl adjacent to an activating group) is 1. The summed E-state index contributed by atoms with van der Waals surface area (Å²) < 4.78 is 6.08. The van der Waals surface area contributed by atoms with E-state index in [1.165, 1.54) is 11.1 Å². The number of hydrogen-bond acceptors (Lipinski definition) is 3. The monoisotopic (exact) mass is 300 g/mol. The van der Waals surface area contributed by atoms with Crippen molar-refractivity contribution in [2.75, 3.05) is 41.3 Å². The minimum Gasteiger partial charge on any atom is -0.367 e. The van der Waals surface area contributed by atoms with Gasteiger partial charge in [-0.15, -0.1) is 0 Å². The maximum atomic E-state index is 6.08. The number of benzene rings is 2. The normalized spacial score (nSPS) is 10.5. The molecule has 0 spiro atoms. The summed E-state index contributed by atoms with van der Waals surface area (Å²) in [5.41, 5.74) is 2.40. The second kappa shape index (κ2) is 11.0. The molecule has 3 nitrogen and oxygen atoms in total. The van der Waals surface area contributed by atoms with Crippen molar-refractivity contribution in [3.8, 4) is 0 Å². The van der Waals surface area contributed by atoms with Crippen LogP contribution in [0.15, 0.2) is 60.7 Å². The molecule has 120 valence electrons. The minimum atomic E-state index is 0.0161. The molecular weight excluding hydrogens is 272 g/mol. The molecule has 0 fully saturated rings. The lowest BCUT2D eigenvalue weighted by Gasteiger charge is -2.20. The van der Waals surface area contributed by atoms with E-state index in [4.69, 9.17) is 4.74 Å². The predicted molar refractivity (Wildman–Crippen MR) is 94.2 cm³/mol. The van der Waals surface area contributed by atoms with Crippen molar-refractivity contribution in [1.82, 2.24) is 10.2 Å². The molecule has 2 aromatic carbocycles. The molecule has 0 aliphatic heterocycles. The Hall–Kier alpha value is -1.68. The van der Waals surface area contributed by atoms with E-state index in [1.807, 2.05) is 26.2 Å². The van der Waals surface area contributed by atoms with Gasteiger partial charge in [-0.1, -0.05) is 60.7 Å². The van der Waals surface area contributed by atoms with Gasteiger partial charge in [-0.2, -0.15) is 0 Å². The number of nitrogens with one attached hydrogen (secondary N) is 1. The maximum Gasteiger partial charge on any atom is 0.108 e. The zero-order chi connectivity index (χ0) is 16.2. The van der Waals surface area contributed by atoms with Gasteiger partial charge in [-0.25, -0.2) is 0 Å². The summed E-state index contributed by atoms with van der Waals surface area (Å²) in [4.78, 5) is 2.13. The average Bonchev–Trinajstić information content (AvgIpc) is 2.54. The molecule has 0 saturated carbocycles. The lowest BCUT2D eigenvalue weighted by molar-refractivity contribution is 0.0687. The van der Waals surface area contributed by atoms with E-state index in [0.29, 0.717) is 0 Å². The van der Waals surface area contributed by atoms with Crippen molar-refractivity contribution in [2.24, 2.45) is 0 Å². The third-order valence-corrected chi connectivity index (χ3v) is 3.03. The summed E-state index contributed by atoms with van der Waals surface area (Å²) in [6, 6.07) is 20.8. The Balaban J connectivity index is 0.000000745. The van der Waals surface area contributed by atoms with Crippen molar-refractivity contribution in [2.45, 2.75) is 6.10 Å². The van der Waals surface area contributed by atoms with Gasteiger partial charge in [0.2, 0.25) is 0 Å². The van der Waals surface area contributed by atoms with Crippen LogP contribution in [0.3, 0.4) is 0 Å². The van der Waals surface area contributed by atoms with Crippen LogP contribution in [0.4, 0.5) is 0 Å². The van der Waals surface area contributed by atoms with Crippen LogP contribution >= 0.6 is 0 Å². The first kappa shape index (κ1) is 18.4. The molecule has 0 unspecified atom stereocenters. The van der Waals surface area contributed by atoms with E-state index >= 15 is 0 Å². The Morgan fingerprint density at radius 1 is 0.864 bits per heavy atom. The average molecular weight is 300 g/mol. The van der Waals surface area contributed by atoms with E-state index < -0.39 is 0 Å². The summed E-state index contributed by atoms with van der Waals surface area (Å²) in [7, 11) is 7.87. The van der Waals surface area contributed by atoms with Crippen molar-refractivity contribution in [3.05, 3.63) is 71.8 Å². The fourth-order valence-electron chi connectivity index (χ4n) is 1.99. The highest BCUT2D eigenvalue weighted by Gasteiger charge is 2.13. The van der Waals surface area contributed by atoms with Crippen LogP contribution in [0.25, 0.3) is 0 Å². The quantitative estimate of drug-likeness (QED) is 0.886. The molecule has 0 amide bonds. The van der Waals surface area contributed by atoms with Crippen LogP contribution in [-0.4, -0.2) is 46.2 Å². The SMILES string of the molecule is CN(C)CCOC(c1ccccc1)c1ccccc1.CNC. The first-order chi connectivity index (χ1) is 10.7. The lowest BCUT2D eigenvalue weighted by atomic mass is 10.0. The smallest absolute Gasteiger partial charge is 0.108 e. The van der Waals surface area contributed by atoms with Crippen molar-refractivity contribution in [1.29, 1.82) is 0 Å². The maximum absolute atomic E-state index is 6.08. The third kappa shape index (κ3) is 6.85. The van der Waals surface area contributed by atoms with Crippen molar-refractivity contribution < 1.29 is 4.74 Å². The predicted octanol–water partition coefficient (Wildman–Crippen LogP) is 3.19. The highest BCUT2D eigenvalue weighted by Crippen LogP contribution is 2.25. The Morgan fingerprint density at radius 2 is 1.27 bits per heavy atom. The van der Waals surface area contributed by atoms with Gasteiger partial charge in [-0.3, -0.25) is 0 Å². The fraction of sp³-hybridized carbons (Fsp3) is 0.368. The van der Waals surface area contributed by atoms with Gasteiger partial charge in [0.1, 0.15) is 6.10 Å². The molecule has 0 bridgehead atoms. The third-order valence-electron chi connectivity index (χ3n) is 3.03. The van der Waals surface area contributed by atoms with Gasteiger partial charge in [0, 0.05) is 6.54 Å². The molecule has 1 N–H and O–H groups in total. The Kier molecular flexibility index (Phi) is 9.15. The Labute approximate surface area is 134 Å². The molecular formula is C19H28N2O. The van der Waals surface area contributed by atoms with Gasteiger partial charge >= 0.3 is 0 Å². The molecule has 0 radical (unpaired) electrons. The second-order valence-electron chi connectivity index (χ2n) is 5.38. The molecule has 0 aliphatic carbocycles. The summed E-state index contributed by atoms with van der Waals surface area (Å²) in [5.74, 6) is 0. The van der Waals surface area contributed by atoms with Crippen LogP contribution in [0.2, 0.25) is 0 Å². The molecule has 2 rings (SSSR count). The second-order valence-corrected chi connectivity index (χ2v) is 5.38. The van der Waals surface area contributed by atoms with Gasteiger partial charge < -0.3 is 15.0 Å². The summed E-state index contributed by atoms with van der Waals surface area (Å²) >= 11 is 0. The van der Waals surface area contributed by atoms with Crippen molar-refractivity contribution >= 4 is 0 Å². The van der Waals surface area contributed by atoms with Gasteiger partial charge in [0.15, 0.2) is 0 Å². The largest absolute Gasteiger partial charge is 0.367 e. The van der Waals surface area contributed by atoms with Gasteiger partial charge in [0.25, 0.3) is 0 Å². The first-order valence-electron chi connectivity index (χ1n) is 7.63. The lowest BCUT2D eigenvalue weighted by Crippen LogP contribution is -2.20. The molecule has 3 heteroatoms. The topological polar surface area (TPSA) is 24.5 Å². The van der Waals surface area contributed by atoms with Crippen LogP contribution in [0, 0.1) is 0 Å². The van der Waals surface area contributed by atoms with Crippen LogP contribution < -0.4 is 5.32 Å². The van der Waals surface area contributed by atoms with E-state index in [2.05, 4.69) is 72.8 Å². The van der Waals surface area contributed by atoms with Crippen LogP contribution in [0.5, 0.6) is 0 Å². The van der Waals surface area contributed by atoms with Gasteiger partial charge in [0.05, 0.1) is 6.61 Å². The van der Waals surface area contributed by atoms with E-state index in [9.17, 15) is 0 Å². The van der Waals surface area contributed by atoms with Crippen molar-refractivity contribution in [3.63, 3.8) is 0 Å². The highest BCUT2D eigenvalue weighted by atomic mass is 16.5. The molecule has 0 saturated heterocycles. The standard InChI is InChI=1S/C17H21NO.C2H7N/c1-18(2)13-14-19-17(15-9-5-3-6-10-15)16-11-7-4-8-12-16;1-3-2/h3-12,17H,13-14H2,1-2H3;3H,1-2H3. The van der Waals surface area contributed by atoms with Crippen LogP contribution in [-0.2, 0) is 4.74 Å². The van der Waals surface area contributed by atoms with Crippen LogP contribution in [0.1, 0.15) is 17.2 Å². The molecule has 0 heterocycles.